The van der Waals surface area contributed by atoms with Crippen LogP contribution in [0.2, 0.25) is 0 Å². The number of carbonyl (C=O) groups excluding carboxylic acids is 3. The van der Waals surface area contributed by atoms with Gasteiger partial charge in [0.05, 0.1) is 6.10 Å². The highest BCUT2D eigenvalue weighted by Crippen LogP contribution is 2.52. The van der Waals surface area contributed by atoms with Crippen LogP contribution in [0.3, 0.4) is 0 Å². The van der Waals surface area contributed by atoms with Crippen LogP contribution in [-0.4, -0.2) is 29.6 Å². The van der Waals surface area contributed by atoms with Crippen LogP contribution in [0.5, 0.6) is 0 Å². The van der Waals surface area contributed by atoms with Crippen molar-refractivity contribution in [3.8, 4) is 0 Å². The zero-order chi connectivity index (χ0) is 22.4. The number of anilines is 1. The lowest BCUT2D eigenvalue weighted by Crippen LogP contribution is -2.49. The van der Waals surface area contributed by atoms with E-state index < -0.39 is 35.0 Å². The number of benzene rings is 1. The van der Waals surface area contributed by atoms with E-state index in [0.29, 0.717) is 11.3 Å². The maximum atomic E-state index is 13.5. The summed E-state index contributed by atoms with van der Waals surface area (Å²) < 4.78 is 16.5. The number of ether oxygens (including phenoxy) is 3. The molecule has 1 aromatic rings. The van der Waals surface area contributed by atoms with Crippen LogP contribution < -0.4 is 11.1 Å². The summed E-state index contributed by atoms with van der Waals surface area (Å²) in [6, 6.07) is 6.79. The number of allylic oxidation sites excluding steroid dienone is 1. The van der Waals surface area contributed by atoms with Gasteiger partial charge in [0, 0.05) is 11.3 Å². The summed E-state index contributed by atoms with van der Waals surface area (Å²) in [7, 11) is 0. The molecular formula is C22H26N2O6. The molecule has 3 rings (SSSR count). The SMILES string of the molecule is CC1=C(C(=O)OC(C)C)[C@@]2(C(=O)Nc3ccccc32)C(C(=O)OC(C)(C)C)=C(N)O1. The molecule has 3 N–H and O–H groups in total. The van der Waals surface area contributed by atoms with Gasteiger partial charge in [0.1, 0.15) is 27.9 Å². The number of amides is 1. The molecule has 0 fully saturated rings. The van der Waals surface area contributed by atoms with E-state index >= 15 is 0 Å². The molecule has 0 bridgehead atoms. The van der Waals surface area contributed by atoms with E-state index in [1.165, 1.54) is 6.92 Å². The van der Waals surface area contributed by atoms with Crippen molar-refractivity contribution in [1.82, 2.24) is 0 Å². The number of nitrogens with two attached hydrogens (primary N) is 1. The Hall–Kier alpha value is -3.29. The molecule has 8 heteroatoms. The first-order valence-corrected chi connectivity index (χ1v) is 9.64. The van der Waals surface area contributed by atoms with Crippen LogP contribution in [0, 0.1) is 0 Å². The monoisotopic (exact) mass is 414 g/mol. The van der Waals surface area contributed by atoms with Gasteiger partial charge in [-0.3, -0.25) is 4.79 Å². The van der Waals surface area contributed by atoms with Crippen molar-refractivity contribution < 1.29 is 28.6 Å². The number of hydrogen-bond acceptors (Lipinski definition) is 7. The lowest BCUT2D eigenvalue weighted by atomic mass is 9.67. The van der Waals surface area contributed by atoms with E-state index in [1.807, 2.05) is 0 Å². The van der Waals surface area contributed by atoms with Crippen molar-refractivity contribution in [3.63, 3.8) is 0 Å². The third-order valence-corrected chi connectivity index (χ3v) is 4.68. The number of nitrogens with one attached hydrogen (secondary N) is 1. The molecule has 160 valence electrons. The van der Waals surface area contributed by atoms with Gasteiger partial charge in [0.15, 0.2) is 0 Å². The third-order valence-electron chi connectivity index (χ3n) is 4.68. The summed E-state index contributed by atoms with van der Waals surface area (Å²) in [6.07, 6.45) is -0.456. The van der Waals surface area contributed by atoms with E-state index in [1.54, 1.807) is 58.9 Å². The van der Waals surface area contributed by atoms with Crippen molar-refractivity contribution in [3.05, 3.63) is 52.6 Å². The van der Waals surface area contributed by atoms with Crippen LogP contribution in [0.1, 0.15) is 47.1 Å². The lowest BCUT2D eigenvalue weighted by Gasteiger charge is -2.36. The highest BCUT2D eigenvalue weighted by molar-refractivity contribution is 6.21. The minimum Gasteiger partial charge on any atom is -0.459 e. The maximum absolute atomic E-state index is 13.5. The number of fused-ring (bicyclic) bond motifs is 2. The van der Waals surface area contributed by atoms with Gasteiger partial charge in [0.2, 0.25) is 11.8 Å². The summed E-state index contributed by atoms with van der Waals surface area (Å²) in [4.78, 5) is 39.9. The standard InChI is InChI=1S/C22H26N2O6/c1-11(2)28-18(25)15-12(3)29-17(23)16(19(26)30-21(4,5)6)22(15)13-9-7-8-10-14(13)24-20(22)27/h7-11H,23H2,1-6H3,(H,24,27)/t22-/m1/s1. The number of esters is 2. The molecule has 1 amide bonds. The van der Waals surface area contributed by atoms with Gasteiger partial charge in [-0.05, 0) is 47.6 Å². The summed E-state index contributed by atoms with van der Waals surface area (Å²) in [5.74, 6) is -2.45. The molecule has 2 heterocycles. The third kappa shape index (κ3) is 3.32. The van der Waals surface area contributed by atoms with Gasteiger partial charge in [-0.25, -0.2) is 9.59 Å². The Morgan fingerprint density at radius 3 is 2.37 bits per heavy atom. The van der Waals surface area contributed by atoms with E-state index in [0.717, 1.165) is 0 Å². The van der Waals surface area contributed by atoms with Crippen molar-refractivity contribution >= 4 is 23.5 Å². The fraction of sp³-hybridized carbons (Fsp3) is 0.409. The van der Waals surface area contributed by atoms with Crippen molar-refractivity contribution in [2.24, 2.45) is 5.73 Å². The second-order valence-corrected chi connectivity index (χ2v) is 8.48. The lowest BCUT2D eigenvalue weighted by molar-refractivity contribution is -0.152. The van der Waals surface area contributed by atoms with Gasteiger partial charge in [0.25, 0.3) is 0 Å². The normalized spacial score (nSPS) is 20.8. The van der Waals surface area contributed by atoms with E-state index in [4.69, 9.17) is 19.9 Å². The minimum absolute atomic E-state index is 0.0808. The minimum atomic E-state index is -1.85. The largest absolute Gasteiger partial charge is 0.459 e. The van der Waals surface area contributed by atoms with E-state index in [9.17, 15) is 14.4 Å². The predicted molar refractivity (Wildman–Crippen MR) is 109 cm³/mol. The quantitative estimate of drug-likeness (QED) is 0.730. The van der Waals surface area contributed by atoms with Crippen molar-refractivity contribution in [1.29, 1.82) is 0 Å². The molecule has 0 saturated carbocycles. The number of rotatable bonds is 3. The molecular weight excluding hydrogens is 388 g/mol. The Labute approximate surface area is 175 Å². The first kappa shape index (κ1) is 21.4. The van der Waals surface area contributed by atoms with Crippen LogP contribution in [0.4, 0.5) is 5.69 Å². The average Bonchev–Trinajstić information content (AvgIpc) is 2.85. The van der Waals surface area contributed by atoms with Gasteiger partial charge in [-0.2, -0.15) is 0 Å². The van der Waals surface area contributed by atoms with Crippen LogP contribution in [0.15, 0.2) is 47.1 Å². The van der Waals surface area contributed by atoms with E-state index in [2.05, 4.69) is 5.32 Å². The van der Waals surface area contributed by atoms with Crippen LogP contribution >= 0.6 is 0 Å². The molecule has 0 unspecified atom stereocenters. The fourth-order valence-electron chi connectivity index (χ4n) is 3.75. The Morgan fingerprint density at radius 2 is 1.77 bits per heavy atom. The van der Waals surface area contributed by atoms with Crippen molar-refractivity contribution in [2.75, 3.05) is 5.32 Å². The highest BCUT2D eigenvalue weighted by atomic mass is 16.6. The molecule has 0 aromatic heterocycles. The second kappa shape index (κ2) is 7.19. The zero-order valence-electron chi connectivity index (χ0n) is 17.9. The average molecular weight is 414 g/mol. The molecule has 0 saturated heterocycles. The van der Waals surface area contributed by atoms with Gasteiger partial charge < -0.3 is 25.3 Å². The summed E-state index contributed by atoms with van der Waals surface area (Å²) >= 11 is 0. The summed E-state index contributed by atoms with van der Waals surface area (Å²) in [5, 5.41) is 2.75. The number of hydrogen-bond donors (Lipinski definition) is 2. The molecule has 30 heavy (non-hydrogen) atoms. The summed E-state index contributed by atoms with van der Waals surface area (Å²) in [5.41, 5.74) is 3.91. The molecule has 0 aliphatic carbocycles. The first-order valence-electron chi connectivity index (χ1n) is 9.64. The molecule has 2 aliphatic rings. The number of para-hydroxylation sites is 1. The van der Waals surface area contributed by atoms with E-state index in [-0.39, 0.29) is 22.8 Å². The molecule has 2 aliphatic heterocycles. The Morgan fingerprint density at radius 1 is 1.13 bits per heavy atom. The van der Waals surface area contributed by atoms with Crippen LogP contribution in [-0.2, 0) is 34.0 Å². The smallest absolute Gasteiger partial charge is 0.341 e. The van der Waals surface area contributed by atoms with Gasteiger partial charge in [-0.15, -0.1) is 0 Å². The van der Waals surface area contributed by atoms with Crippen LogP contribution in [0.25, 0.3) is 0 Å². The number of carbonyl (C=O) groups is 3. The van der Waals surface area contributed by atoms with Gasteiger partial charge in [-0.1, -0.05) is 18.2 Å². The fourth-order valence-corrected chi connectivity index (χ4v) is 3.75. The first-order chi connectivity index (χ1) is 13.9. The molecule has 1 atom stereocenters. The Kier molecular flexibility index (Phi) is 5.14. The molecule has 0 radical (unpaired) electrons. The molecule has 1 spiro atoms. The Bertz CT molecular complexity index is 999. The molecule has 8 nitrogen and oxygen atoms in total. The molecule has 1 aromatic carbocycles. The second-order valence-electron chi connectivity index (χ2n) is 8.48. The Balaban J connectivity index is 2.33. The zero-order valence-corrected chi connectivity index (χ0v) is 17.9. The summed E-state index contributed by atoms with van der Waals surface area (Å²) in [6.45, 7) is 9.95. The van der Waals surface area contributed by atoms with Crippen molar-refractivity contribution in [2.45, 2.75) is 58.7 Å². The highest BCUT2D eigenvalue weighted by Gasteiger charge is 2.62. The topological polar surface area (TPSA) is 117 Å². The maximum Gasteiger partial charge on any atom is 0.341 e. The van der Waals surface area contributed by atoms with Gasteiger partial charge >= 0.3 is 11.9 Å². The predicted octanol–water partition coefficient (Wildman–Crippen LogP) is 2.64.